The van der Waals surface area contributed by atoms with Gasteiger partial charge in [0.05, 0.1) is 14.2 Å². The Bertz CT molecular complexity index is 879. The van der Waals surface area contributed by atoms with Crippen molar-refractivity contribution in [3.63, 3.8) is 0 Å². The second kappa shape index (κ2) is 7.12. The lowest BCUT2D eigenvalue weighted by molar-refractivity contribution is 0.0925. The van der Waals surface area contributed by atoms with Gasteiger partial charge < -0.3 is 18.9 Å². The SMILES string of the molecule is COc1cccc(C(=O)C[C@H]2c3c(cc4c(c3OC)OCO4)CCN2C)c1. The minimum absolute atomic E-state index is 0.0679. The summed E-state index contributed by atoms with van der Waals surface area (Å²) in [6, 6.07) is 9.22. The molecule has 2 aliphatic rings. The molecular formula is C21H23NO5. The lowest BCUT2D eigenvalue weighted by Gasteiger charge is -2.35. The number of carbonyl (C=O) groups excluding carboxylic acids is 1. The largest absolute Gasteiger partial charge is 0.497 e. The fourth-order valence-corrected chi connectivity index (χ4v) is 3.87. The Morgan fingerprint density at radius 3 is 2.85 bits per heavy atom. The van der Waals surface area contributed by atoms with Crippen LogP contribution in [0.1, 0.15) is 33.9 Å². The number of Topliss-reactive ketones (excluding diaryl/α,β-unsaturated/α-hetero) is 1. The van der Waals surface area contributed by atoms with Gasteiger partial charge in [-0.15, -0.1) is 0 Å². The van der Waals surface area contributed by atoms with Gasteiger partial charge in [0.15, 0.2) is 17.3 Å². The third-order valence-corrected chi connectivity index (χ3v) is 5.32. The predicted octanol–water partition coefficient (Wildman–Crippen LogP) is 3.23. The molecule has 0 spiro atoms. The standard InChI is InChI=1S/C21H23NO5/c1-22-8-7-14-10-18-20(27-12-26-18)21(25-3)19(14)16(22)11-17(23)13-5-4-6-15(9-13)24-2/h4-6,9-10,16H,7-8,11-12H2,1-3H3/t16-/m0/s1. The summed E-state index contributed by atoms with van der Waals surface area (Å²) in [5, 5.41) is 0. The number of ether oxygens (including phenoxy) is 4. The van der Waals surface area contributed by atoms with E-state index in [1.807, 2.05) is 31.3 Å². The molecule has 0 saturated heterocycles. The van der Waals surface area contributed by atoms with E-state index in [4.69, 9.17) is 18.9 Å². The van der Waals surface area contributed by atoms with Crippen LogP contribution in [0.5, 0.6) is 23.0 Å². The van der Waals surface area contributed by atoms with E-state index in [0.717, 1.165) is 24.1 Å². The summed E-state index contributed by atoms with van der Waals surface area (Å²) in [6.45, 7) is 1.06. The summed E-state index contributed by atoms with van der Waals surface area (Å²) in [4.78, 5) is 15.2. The van der Waals surface area contributed by atoms with Crippen molar-refractivity contribution in [2.45, 2.75) is 18.9 Å². The van der Waals surface area contributed by atoms with Crippen LogP contribution in [0.25, 0.3) is 0 Å². The maximum atomic E-state index is 13.0. The van der Waals surface area contributed by atoms with Crippen molar-refractivity contribution in [2.75, 3.05) is 34.6 Å². The van der Waals surface area contributed by atoms with Crippen molar-refractivity contribution in [3.8, 4) is 23.0 Å². The minimum Gasteiger partial charge on any atom is -0.497 e. The van der Waals surface area contributed by atoms with Crippen LogP contribution in [0.3, 0.4) is 0 Å². The zero-order valence-electron chi connectivity index (χ0n) is 15.8. The van der Waals surface area contributed by atoms with Gasteiger partial charge in [0.25, 0.3) is 0 Å². The fourth-order valence-electron chi connectivity index (χ4n) is 3.87. The van der Waals surface area contributed by atoms with E-state index in [2.05, 4.69) is 4.90 Å². The van der Waals surface area contributed by atoms with Crippen molar-refractivity contribution in [1.29, 1.82) is 0 Å². The first kappa shape index (κ1) is 17.7. The molecule has 2 aliphatic heterocycles. The smallest absolute Gasteiger partial charge is 0.231 e. The van der Waals surface area contributed by atoms with E-state index in [0.29, 0.717) is 35.0 Å². The van der Waals surface area contributed by atoms with E-state index in [-0.39, 0.29) is 18.6 Å². The first-order valence-corrected chi connectivity index (χ1v) is 8.99. The molecule has 0 amide bonds. The van der Waals surface area contributed by atoms with Crippen LogP contribution in [0.4, 0.5) is 0 Å². The molecule has 0 saturated carbocycles. The molecule has 27 heavy (non-hydrogen) atoms. The van der Waals surface area contributed by atoms with Gasteiger partial charge in [0.2, 0.25) is 12.5 Å². The van der Waals surface area contributed by atoms with Gasteiger partial charge >= 0.3 is 0 Å². The predicted molar refractivity (Wildman–Crippen MR) is 100 cm³/mol. The van der Waals surface area contributed by atoms with Gasteiger partial charge in [0, 0.05) is 30.1 Å². The molecule has 1 atom stereocenters. The van der Waals surface area contributed by atoms with E-state index in [1.165, 1.54) is 0 Å². The first-order chi connectivity index (χ1) is 13.1. The average molecular weight is 369 g/mol. The van der Waals surface area contributed by atoms with Crippen LogP contribution in [-0.2, 0) is 6.42 Å². The number of carbonyl (C=O) groups is 1. The van der Waals surface area contributed by atoms with E-state index in [1.54, 1.807) is 20.3 Å². The topological polar surface area (TPSA) is 57.2 Å². The third kappa shape index (κ3) is 3.10. The van der Waals surface area contributed by atoms with Gasteiger partial charge in [-0.1, -0.05) is 12.1 Å². The van der Waals surface area contributed by atoms with Crippen molar-refractivity contribution in [1.82, 2.24) is 4.90 Å². The number of hydrogen-bond donors (Lipinski definition) is 0. The monoisotopic (exact) mass is 369 g/mol. The molecule has 2 heterocycles. The molecule has 0 fully saturated rings. The molecular weight excluding hydrogens is 346 g/mol. The van der Waals surface area contributed by atoms with Gasteiger partial charge in [0.1, 0.15) is 5.75 Å². The minimum atomic E-state index is -0.0862. The molecule has 0 aromatic heterocycles. The second-order valence-corrected chi connectivity index (χ2v) is 6.82. The molecule has 6 nitrogen and oxygen atoms in total. The fraction of sp³-hybridized carbons (Fsp3) is 0.381. The number of hydrogen-bond acceptors (Lipinski definition) is 6. The van der Waals surface area contributed by atoms with Gasteiger partial charge in [-0.3, -0.25) is 9.69 Å². The second-order valence-electron chi connectivity index (χ2n) is 6.82. The zero-order valence-corrected chi connectivity index (χ0v) is 15.8. The molecule has 2 aromatic carbocycles. The molecule has 2 aromatic rings. The van der Waals surface area contributed by atoms with Gasteiger partial charge in [-0.25, -0.2) is 0 Å². The highest BCUT2D eigenvalue weighted by Crippen LogP contribution is 2.50. The van der Waals surface area contributed by atoms with Gasteiger partial charge in [-0.2, -0.15) is 0 Å². The molecule has 0 unspecified atom stereocenters. The highest BCUT2D eigenvalue weighted by molar-refractivity contribution is 5.97. The van der Waals surface area contributed by atoms with Crippen molar-refractivity contribution in [2.24, 2.45) is 0 Å². The maximum absolute atomic E-state index is 13.0. The normalized spacial score (nSPS) is 18.1. The Labute approximate surface area is 158 Å². The Hall–Kier alpha value is -2.73. The summed E-state index contributed by atoms with van der Waals surface area (Å²) in [5.41, 5.74) is 2.82. The Balaban J connectivity index is 1.71. The Morgan fingerprint density at radius 1 is 1.22 bits per heavy atom. The molecule has 0 N–H and O–H groups in total. The highest BCUT2D eigenvalue weighted by Gasteiger charge is 2.35. The van der Waals surface area contributed by atoms with Crippen LogP contribution < -0.4 is 18.9 Å². The van der Waals surface area contributed by atoms with E-state index < -0.39 is 0 Å². The lowest BCUT2D eigenvalue weighted by Crippen LogP contribution is -2.34. The average Bonchev–Trinajstić information content (AvgIpc) is 3.16. The highest BCUT2D eigenvalue weighted by atomic mass is 16.7. The Kier molecular flexibility index (Phi) is 4.66. The van der Waals surface area contributed by atoms with Crippen LogP contribution in [-0.4, -0.2) is 45.3 Å². The van der Waals surface area contributed by atoms with Gasteiger partial charge in [-0.05, 0) is 37.2 Å². The van der Waals surface area contributed by atoms with Crippen molar-refractivity contribution >= 4 is 5.78 Å². The van der Waals surface area contributed by atoms with Crippen molar-refractivity contribution < 1.29 is 23.7 Å². The molecule has 4 rings (SSSR count). The number of methoxy groups -OCH3 is 2. The van der Waals surface area contributed by atoms with Crippen LogP contribution in [0.2, 0.25) is 0 Å². The molecule has 0 aliphatic carbocycles. The van der Waals surface area contributed by atoms with Crippen LogP contribution in [0.15, 0.2) is 30.3 Å². The third-order valence-electron chi connectivity index (χ3n) is 5.32. The number of ketones is 1. The lowest BCUT2D eigenvalue weighted by atomic mass is 9.87. The van der Waals surface area contributed by atoms with E-state index >= 15 is 0 Å². The Morgan fingerprint density at radius 2 is 2.07 bits per heavy atom. The number of likely N-dealkylation sites (N-methyl/N-ethyl adjacent to an activating group) is 1. The molecule has 0 bridgehead atoms. The maximum Gasteiger partial charge on any atom is 0.231 e. The van der Waals surface area contributed by atoms with Crippen LogP contribution >= 0.6 is 0 Å². The summed E-state index contributed by atoms with van der Waals surface area (Å²) < 4.78 is 22.1. The first-order valence-electron chi connectivity index (χ1n) is 8.99. The summed E-state index contributed by atoms with van der Waals surface area (Å²) in [5.74, 6) is 2.77. The number of benzene rings is 2. The number of fused-ring (bicyclic) bond motifs is 2. The molecule has 6 heteroatoms. The number of rotatable bonds is 5. The van der Waals surface area contributed by atoms with Crippen LogP contribution in [0, 0.1) is 0 Å². The molecule has 0 radical (unpaired) electrons. The zero-order chi connectivity index (χ0) is 19.0. The van der Waals surface area contributed by atoms with E-state index in [9.17, 15) is 4.79 Å². The summed E-state index contributed by atoms with van der Waals surface area (Å²) in [7, 11) is 5.27. The molecule has 142 valence electrons. The quantitative estimate of drug-likeness (QED) is 0.754. The number of nitrogens with zero attached hydrogens (tertiary/aromatic N) is 1. The summed E-state index contributed by atoms with van der Waals surface area (Å²) >= 11 is 0. The van der Waals surface area contributed by atoms with Crippen molar-refractivity contribution in [3.05, 3.63) is 47.0 Å². The summed E-state index contributed by atoms with van der Waals surface area (Å²) in [6.07, 6.45) is 1.23.